The summed E-state index contributed by atoms with van der Waals surface area (Å²) in [6.07, 6.45) is 1.47. The molecule has 0 saturated heterocycles. The maximum atomic E-state index is 12.8. The summed E-state index contributed by atoms with van der Waals surface area (Å²) in [5.41, 5.74) is 0.193. The molecule has 2 N–H and O–H groups in total. The Morgan fingerprint density at radius 1 is 1.23 bits per heavy atom. The van der Waals surface area contributed by atoms with Crippen LogP contribution in [0.4, 0.5) is 0 Å². The lowest BCUT2D eigenvalue weighted by atomic mass is 10.2. The summed E-state index contributed by atoms with van der Waals surface area (Å²) < 4.78 is 6.55. The quantitative estimate of drug-likeness (QED) is 0.714. The largest absolute Gasteiger partial charge is 0.488 e. The number of aromatic nitrogens is 3. The van der Waals surface area contributed by atoms with Gasteiger partial charge in [0.15, 0.2) is 5.75 Å². The van der Waals surface area contributed by atoms with E-state index in [1.165, 1.54) is 23.6 Å². The van der Waals surface area contributed by atoms with Crippen molar-refractivity contribution >= 4 is 21.6 Å². The molecule has 0 aliphatic rings. The number of pyridine rings is 1. The van der Waals surface area contributed by atoms with Gasteiger partial charge in [-0.1, -0.05) is 13.8 Å². The normalized spacial score (nSPS) is 11.4. The second kappa shape index (κ2) is 6.95. The minimum Gasteiger partial charge on any atom is -0.488 e. The van der Waals surface area contributed by atoms with Gasteiger partial charge in [-0.05, 0) is 25.3 Å². The van der Waals surface area contributed by atoms with E-state index in [0.717, 1.165) is 15.0 Å². The lowest BCUT2D eigenvalue weighted by Crippen LogP contribution is -2.35. The molecule has 0 amide bonds. The van der Waals surface area contributed by atoms with Gasteiger partial charge in [-0.2, -0.15) is 0 Å². The van der Waals surface area contributed by atoms with Crippen LogP contribution in [0.2, 0.25) is 0 Å². The predicted octanol–water partition coefficient (Wildman–Crippen LogP) is 2.14. The number of fused-ring (bicyclic) bond motifs is 1. The van der Waals surface area contributed by atoms with Crippen LogP contribution in [0.3, 0.4) is 0 Å². The van der Waals surface area contributed by atoms with Crippen LogP contribution in [0, 0.1) is 19.8 Å². The first-order valence-electron chi connectivity index (χ1n) is 8.35. The molecule has 26 heavy (non-hydrogen) atoms. The van der Waals surface area contributed by atoms with Crippen molar-refractivity contribution in [1.29, 1.82) is 0 Å². The third-order valence-electron chi connectivity index (χ3n) is 4.15. The van der Waals surface area contributed by atoms with Crippen molar-refractivity contribution in [2.45, 2.75) is 34.2 Å². The molecule has 0 spiro atoms. The van der Waals surface area contributed by atoms with Crippen molar-refractivity contribution in [3.63, 3.8) is 0 Å². The van der Waals surface area contributed by atoms with Crippen LogP contribution in [-0.4, -0.2) is 21.1 Å². The van der Waals surface area contributed by atoms with Gasteiger partial charge in [-0.25, -0.2) is 4.79 Å². The van der Waals surface area contributed by atoms with E-state index in [9.17, 15) is 14.4 Å². The van der Waals surface area contributed by atoms with Crippen LogP contribution in [0.15, 0.2) is 26.6 Å². The summed E-state index contributed by atoms with van der Waals surface area (Å²) in [4.78, 5) is 44.5. The van der Waals surface area contributed by atoms with Gasteiger partial charge >= 0.3 is 5.69 Å². The first-order chi connectivity index (χ1) is 12.3. The summed E-state index contributed by atoms with van der Waals surface area (Å²) in [5.74, 6) is 0.527. The molecular formula is C18H21N3O4S. The Balaban J connectivity index is 1.98. The van der Waals surface area contributed by atoms with Gasteiger partial charge in [0.1, 0.15) is 4.83 Å². The summed E-state index contributed by atoms with van der Waals surface area (Å²) in [5, 5.41) is 0.520. The highest BCUT2D eigenvalue weighted by molar-refractivity contribution is 7.18. The Kier molecular flexibility index (Phi) is 4.86. The molecule has 0 unspecified atom stereocenters. The zero-order valence-electron chi connectivity index (χ0n) is 15.1. The van der Waals surface area contributed by atoms with E-state index >= 15 is 0 Å². The number of hydrogen-bond donors (Lipinski definition) is 2. The monoisotopic (exact) mass is 375 g/mol. The zero-order valence-corrected chi connectivity index (χ0v) is 16.0. The highest BCUT2D eigenvalue weighted by Gasteiger charge is 2.15. The maximum absolute atomic E-state index is 12.8. The number of hydrogen-bond acceptors (Lipinski definition) is 5. The van der Waals surface area contributed by atoms with E-state index < -0.39 is 5.69 Å². The standard InChI is InChI=1S/C18H21N3O4S/c1-9(2)8-25-14-6-19-12(5-13(14)22)7-21-17(23)15-10(3)11(4)26-16(15)20-18(21)24/h5-6,9H,7-8H2,1-4H3,(H,19,22)(H,20,24). The first-order valence-corrected chi connectivity index (χ1v) is 9.16. The summed E-state index contributed by atoms with van der Waals surface area (Å²) in [6.45, 7) is 8.18. The molecule has 0 saturated carbocycles. The molecule has 0 radical (unpaired) electrons. The number of rotatable bonds is 5. The number of nitrogens with one attached hydrogen (secondary N) is 2. The molecule has 0 aliphatic carbocycles. The van der Waals surface area contributed by atoms with Crippen LogP contribution >= 0.6 is 11.3 Å². The summed E-state index contributed by atoms with van der Waals surface area (Å²) in [7, 11) is 0. The molecule has 3 aromatic rings. The number of thiophene rings is 1. The fourth-order valence-corrected chi connectivity index (χ4v) is 3.68. The van der Waals surface area contributed by atoms with Crippen LogP contribution < -0.4 is 21.4 Å². The van der Waals surface area contributed by atoms with E-state index in [0.29, 0.717) is 28.4 Å². The third kappa shape index (κ3) is 3.37. The fourth-order valence-electron chi connectivity index (χ4n) is 2.64. The minimum absolute atomic E-state index is 0.0157. The van der Waals surface area contributed by atoms with Gasteiger partial charge in [0.25, 0.3) is 5.56 Å². The molecule has 0 aromatic carbocycles. The van der Waals surface area contributed by atoms with Crippen molar-refractivity contribution < 1.29 is 4.74 Å². The van der Waals surface area contributed by atoms with Crippen molar-refractivity contribution in [2.24, 2.45) is 5.92 Å². The molecule has 3 aromatic heterocycles. The zero-order chi connectivity index (χ0) is 19.0. The Morgan fingerprint density at radius 3 is 2.62 bits per heavy atom. The predicted molar refractivity (Wildman–Crippen MR) is 103 cm³/mol. The fraction of sp³-hybridized carbons (Fsp3) is 0.389. The number of aromatic amines is 2. The van der Waals surface area contributed by atoms with Crippen LogP contribution in [0.5, 0.6) is 5.75 Å². The van der Waals surface area contributed by atoms with E-state index in [-0.39, 0.29) is 23.3 Å². The highest BCUT2D eigenvalue weighted by atomic mass is 32.1. The summed E-state index contributed by atoms with van der Waals surface area (Å²) in [6, 6.07) is 1.36. The van der Waals surface area contributed by atoms with Gasteiger partial charge in [0.05, 0.1) is 18.5 Å². The minimum atomic E-state index is -0.496. The van der Waals surface area contributed by atoms with Crippen LogP contribution in [0.1, 0.15) is 30.0 Å². The van der Waals surface area contributed by atoms with E-state index in [1.807, 2.05) is 27.7 Å². The molecule has 8 heteroatoms. The van der Waals surface area contributed by atoms with Crippen molar-refractivity contribution in [3.8, 4) is 5.75 Å². The average molecular weight is 375 g/mol. The molecule has 138 valence electrons. The van der Waals surface area contributed by atoms with Crippen molar-refractivity contribution in [2.75, 3.05) is 6.61 Å². The smallest absolute Gasteiger partial charge is 0.329 e. The van der Waals surface area contributed by atoms with E-state index in [4.69, 9.17) is 4.74 Å². The molecule has 0 aliphatic heterocycles. The van der Waals surface area contributed by atoms with Crippen LogP contribution in [0.25, 0.3) is 10.2 Å². The number of ether oxygens (including phenoxy) is 1. The van der Waals surface area contributed by atoms with Crippen molar-refractivity contribution in [1.82, 2.24) is 14.5 Å². The second-order valence-corrected chi connectivity index (χ2v) is 7.93. The van der Waals surface area contributed by atoms with Gasteiger partial charge in [0, 0.05) is 22.8 Å². The second-order valence-electron chi connectivity index (χ2n) is 6.70. The molecule has 3 heterocycles. The maximum Gasteiger partial charge on any atom is 0.329 e. The Bertz CT molecular complexity index is 1130. The lowest BCUT2D eigenvalue weighted by molar-refractivity contribution is 0.267. The van der Waals surface area contributed by atoms with Gasteiger partial charge in [-0.15, -0.1) is 11.3 Å². The number of nitrogens with zero attached hydrogens (tertiary/aromatic N) is 1. The molecule has 7 nitrogen and oxygen atoms in total. The average Bonchev–Trinajstić information content (AvgIpc) is 2.84. The molecule has 3 rings (SSSR count). The Morgan fingerprint density at radius 2 is 1.96 bits per heavy atom. The first kappa shape index (κ1) is 18.2. The lowest BCUT2D eigenvalue weighted by Gasteiger charge is -2.09. The van der Waals surface area contributed by atoms with Crippen molar-refractivity contribution in [3.05, 3.63) is 59.5 Å². The third-order valence-corrected chi connectivity index (χ3v) is 5.27. The van der Waals surface area contributed by atoms with Gasteiger partial charge < -0.3 is 9.72 Å². The topological polar surface area (TPSA) is 96.9 Å². The van der Waals surface area contributed by atoms with Crippen LogP contribution in [-0.2, 0) is 6.54 Å². The Labute approximate surface area is 153 Å². The Hall–Kier alpha value is -2.61. The summed E-state index contributed by atoms with van der Waals surface area (Å²) >= 11 is 1.39. The number of aryl methyl sites for hydroxylation is 2. The van der Waals surface area contributed by atoms with Gasteiger partial charge in [0.2, 0.25) is 5.43 Å². The van der Waals surface area contributed by atoms with Gasteiger partial charge in [-0.3, -0.25) is 19.1 Å². The molecular weight excluding hydrogens is 354 g/mol. The SMILES string of the molecule is Cc1sc2[nH]c(=O)n(Cc3cc(=O)c(OCC(C)C)c[nH]3)c(=O)c2c1C. The van der Waals surface area contributed by atoms with E-state index in [1.54, 1.807) is 0 Å². The molecule has 0 bridgehead atoms. The highest BCUT2D eigenvalue weighted by Crippen LogP contribution is 2.24. The van der Waals surface area contributed by atoms with E-state index in [2.05, 4.69) is 9.97 Å². The number of H-pyrrole nitrogens is 2. The molecule has 0 fully saturated rings. The molecule has 0 atom stereocenters.